The normalized spacial score (nSPS) is 28.2. The fourth-order valence-electron chi connectivity index (χ4n) is 3.62. The topological polar surface area (TPSA) is 38.7 Å². The van der Waals surface area contributed by atoms with Crippen LogP contribution >= 0.6 is 15.9 Å². The Kier molecular flexibility index (Phi) is 4.42. The third-order valence-corrected chi connectivity index (χ3v) is 5.65. The largest absolute Gasteiger partial charge is 0.385 e. The van der Waals surface area contributed by atoms with Crippen molar-refractivity contribution in [3.63, 3.8) is 0 Å². The Morgan fingerprint density at radius 3 is 2.52 bits per heavy atom. The van der Waals surface area contributed by atoms with Crippen LogP contribution in [0.1, 0.15) is 38.2 Å². The van der Waals surface area contributed by atoms with Gasteiger partial charge in [-0.25, -0.2) is 0 Å². The number of hydrogen-bond donors (Lipinski definition) is 1. The molecular weight excluding hydrogens is 332 g/mol. The first kappa shape index (κ1) is 15.5. The van der Waals surface area contributed by atoms with E-state index < -0.39 is 5.60 Å². The molecule has 116 valence electrons. The molecule has 4 heteroatoms. The monoisotopic (exact) mass is 354 g/mol. The van der Waals surface area contributed by atoms with Crippen molar-refractivity contribution in [2.75, 3.05) is 19.8 Å². The van der Waals surface area contributed by atoms with Gasteiger partial charge in [-0.15, -0.1) is 0 Å². The molecule has 2 fully saturated rings. The molecule has 0 aliphatic carbocycles. The highest BCUT2D eigenvalue weighted by Crippen LogP contribution is 2.44. The Labute approximate surface area is 134 Å². The van der Waals surface area contributed by atoms with E-state index in [-0.39, 0.29) is 11.5 Å². The highest BCUT2D eigenvalue weighted by atomic mass is 79.9. The Morgan fingerprint density at radius 1 is 1.19 bits per heavy atom. The molecule has 1 aromatic carbocycles. The van der Waals surface area contributed by atoms with E-state index in [1.807, 2.05) is 31.2 Å². The van der Waals surface area contributed by atoms with Gasteiger partial charge in [0, 0.05) is 24.3 Å². The average molecular weight is 355 g/mol. The summed E-state index contributed by atoms with van der Waals surface area (Å²) in [6, 6.07) is 8.01. The third kappa shape index (κ3) is 3.19. The van der Waals surface area contributed by atoms with Gasteiger partial charge in [-0.2, -0.15) is 0 Å². The van der Waals surface area contributed by atoms with E-state index in [4.69, 9.17) is 9.47 Å². The number of halogens is 1. The number of aliphatic hydroxyl groups is 1. The summed E-state index contributed by atoms with van der Waals surface area (Å²) in [7, 11) is 0. The third-order valence-electron chi connectivity index (χ3n) is 5.12. The van der Waals surface area contributed by atoms with Crippen LogP contribution in [0.25, 0.3) is 0 Å². The summed E-state index contributed by atoms with van der Waals surface area (Å²) in [4.78, 5) is 0. The molecule has 3 nitrogen and oxygen atoms in total. The molecule has 0 bridgehead atoms. The Morgan fingerprint density at radius 2 is 1.86 bits per heavy atom. The maximum Gasteiger partial charge on any atom is 0.0898 e. The van der Waals surface area contributed by atoms with E-state index in [1.165, 1.54) is 0 Å². The number of hydrogen-bond acceptors (Lipinski definition) is 3. The second-order valence-electron chi connectivity index (χ2n) is 6.49. The lowest BCUT2D eigenvalue weighted by Gasteiger charge is -2.47. The fourth-order valence-corrected chi connectivity index (χ4v) is 3.89. The molecule has 0 saturated carbocycles. The number of benzene rings is 1. The molecular formula is C17H23BrO3. The van der Waals surface area contributed by atoms with Crippen molar-refractivity contribution >= 4 is 15.9 Å². The van der Waals surface area contributed by atoms with Crippen LogP contribution in [0, 0.1) is 5.92 Å². The molecule has 2 aliphatic rings. The van der Waals surface area contributed by atoms with E-state index in [1.54, 1.807) is 0 Å². The standard InChI is InChI=1S/C17H23BrO3/c1-16(19,13-2-4-15(18)5-3-13)14-6-9-21-17(12-14)7-10-20-11-8-17/h2-5,14,19H,6-12H2,1H3. The van der Waals surface area contributed by atoms with E-state index in [0.717, 1.165) is 55.5 Å². The van der Waals surface area contributed by atoms with Crippen molar-refractivity contribution < 1.29 is 14.6 Å². The minimum atomic E-state index is -0.810. The molecule has 2 aliphatic heterocycles. The fraction of sp³-hybridized carbons (Fsp3) is 0.647. The van der Waals surface area contributed by atoms with E-state index in [9.17, 15) is 5.11 Å². The van der Waals surface area contributed by atoms with Gasteiger partial charge in [-0.1, -0.05) is 28.1 Å². The van der Waals surface area contributed by atoms with Crippen molar-refractivity contribution in [3.05, 3.63) is 34.3 Å². The van der Waals surface area contributed by atoms with Gasteiger partial charge in [-0.05, 0) is 56.2 Å². The van der Waals surface area contributed by atoms with Gasteiger partial charge in [0.1, 0.15) is 0 Å². The Hall–Kier alpha value is -0.420. The molecule has 3 rings (SSSR count). The molecule has 2 saturated heterocycles. The smallest absolute Gasteiger partial charge is 0.0898 e. The second-order valence-corrected chi connectivity index (χ2v) is 7.40. The molecule has 0 radical (unpaired) electrons. The van der Waals surface area contributed by atoms with Crippen molar-refractivity contribution in [1.29, 1.82) is 0 Å². The van der Waals surface area contributed by atoms with Gasteiger partial charge in [-0.3, -0.25) is 0 Å². The van der Waals surface area contributed by atoms with Crippen molar-refractivity contribution in [1.82, 2.24) is 0 Å². The first-order valence-electron chi connectivity index (χ1n) is 7.72. The lowest BCUT2D eigenvalue weighted by molar-refractivity contribution is -0.174. The van der Waals surface area contributed by atoms with Crippen LogP contribution in [0.4, 0.5) is 0 Å². The number of ether oxygens (including phenoxy) is 2. The molecule has 2 atom stereocenters. The zero-order chi connectivity index (χ0) is 14.9. The Bertz CT molecular complexity index is 472. The van der Waals surface area contributed by atoms with E-state index >= 15 is 0 Å². The van der Waals surface area contributed by atoms with Crippen LogP contribution in [0.5, 0.6) is 0 Å². The molecule has 0 aromatic heterocycles. The lowest BCUT2D eigenvalue weighted by Crippen LogP contribution is -2.48. The minimum absolute atomic E-state index is 0.0828. The summed E-state index contributed by atoms with van der Waals surface area (Å²) in [5.74, 6) is 0.227. The van der Waals surface area contributed by atoms with Crippen molar-refractivity contribution in [2.45, 2.75) is 43.8 Å². The van der Waals surface area contributed by atoms with Gasteiger partial charge in [0.15, 0.2) is 0 Å². The van der Waals surface area contributed by atoms with Crippen molar-refractivity contribution in [3.8, 4) is 0 Å². The van der Waals surface area contributed by atoms with Crippen LogP contribution in [0.15, 0.2) is 28.7 Å². The molecule has 0 amide bonds. The van der Waals surface area contributed by atoms with Crippen LogP contribution < -0.4 is 0 Å². The maximum absolute atomic E-state index is 11.1. The highest BCUT2D eigenvalue weighted by molar-refractivity contribution is 9.10. The summed E-state index contributed by atoms with van der Waals surface area (Å²) in [6.07, 6.45) is 3.71. The molecule has 21 heavy (non-hydrogen) atoms. The van der Waals surface area contributed by atoms with Crippen LogP contribution in [0.3, 0.4) is 0 Å². The zero-order valence-corrected chi connectivity index (χ0v) is 14.1. The van der Waals surface area contributed by atoms with Gasteiger partial charge in [0.2, 0.25) is 0 Å². The van der Waals surface area contributed by atoms with Crippen LogP contribution in [-0.2, 0) is 15.1 Å². The quantitative estimate of drug-likeness (QED) is 0.881. The Balaban J connectivity index is 1.79. The van der Waals surface area contributed by atoms with Gasteiger partial charge in [0.25, 0.3) is 0 Å². The SMILES string of the molecule is CC(O)(c1ccc(Br)cc1)C1CCOC2(CCOCC2)C1. The predicted molar refractivity (Wildman–Crippen MR) is 85.2 cm³/mol. The molecule has 2 unspecified atom stereocenters. The van der Waals surface area contributed by atoms with Gasteiger partial charge < -0.3 is 14.6 Å². The van der Waals surface area contributed by atoms with Gasteiger partial charge >= 0.3 is 0 Å². The predicted octanol–water partition coefficient (Wildman–Crippen LogP) is 3.63. The summed E-state index contributed by atoms with van der Waals surface area (Å²) in [5, 5.41) is 11.1. The molecule has 1 N–H and O–H groups in total. The first-order chi connectivity index (χ1) is 10.0. The summed E-state index contributed by atoms with van der Waals surface area (Å²) >= 11 is 3.45. The highest BCUT2D eigenvalue weighted by Gasteiger charge is 2.45. The summed E-state index contributed by atoms with van der Waals surface area (Å²) in [6.45, 7) is 4.22. The zero-order valence-electron chi connectivity index (χ0n) is 12.5. The first-order valence-corrected chi connectivity index (χ1v) is 8.51. The summed E-state index contributed by atoms with van der Waals surface area (Å²) in [5.41, 5.74) is 0.0934. The van der Waals surface area contributed by atoms with Crippen molar-refractivity contribution in [2.24, 2.45) is 5.92 Å². The van der Waals surface area contributed by atoms with Gasteiger partial charge in [0.05, 0.1) is 11.2 Å². The number of rotatable bonds is 2. The average Bonchev–Trinajstić information content (AvgIpc) is 2.48. The summed E-state index contributed by atoms with van der Waals surface area (Å²) < 4.78 is 12.6. The molecule has 1 spiro atoms. The van der Waals surface area contributed by atoms with Crippen LogP contribution in [0.2, 0.25) is 0 Å². The van der Waals surface area contributed by atoms with Crippen LogP contribution in [-0.4, -0.2) is 30.5 Å². The lowest BCUT2D eigenvalue weighted by atomic mass is 9.71. The maximum atomic E-state index is 11.1. The molecule has 2 heterocycles. The van der Waals surface area contributed by atoms with E-state index in [0.29, 0.717) is 0 Å². The second kappa shape index (κ2) is 5.99. The minimum Gasteiger partial charge on any atom is -0.385 e. The van der Waals surface area contributed by atoms with E-state index in [2.05, 4.69) is 15.9 Å². The molecule has 1 aromatic rings.